The van der Waals surface area contributed by atoms with Crippen LogP contribution in [0.15, 0.2) is 46.9 Å². The fraction of sp³-hybridized carbons (Fsp3) is 0.400. The largest absolute Gasteiger partial charge is 0.354 e. The van der Waals surface area contributed by atoms with E-state index in [2.05, 4.69) is 54.3 Å². The van der Waals surface area contributed by atoms with Crippen LogP contribution in [-0.2, 0) is 20.1 Å². The van der Waals surface area contributed by atoms with Crippen molar-refractivity contribution in [2.75, 3.05) is 18.0 Å². The average molecular weight is 411 g/mol. The molecule has 0 aromatic carbocycles. The molecule has 1 saturated heterocycles. The van der Waals surface area contributed by atoms with Gasteiger partial charge in [-0.25, -0.2) is 9.98 Å². The van der Waals surface area contributed by atoms with Crippen molar-refractivity contribution in [1.82, 2.24) is 30.4 Å². The van der Waals surface area contributed by atoms with Crippen molar-refractivity contribution in [3.63, 3.8) is 0 Å². The molecule has 4 heterocycles. The topological polar surface area (TPSA) is 83.3 Å². The Morgan fingerprint density at radius 2 is 2.21 bits per heavy atom. The van der Waals surface area contributed by atoms with E-state index in [1.807, 2.05) is 36.9 Å². The standard InChI is InChI=1S/C20H26N8S/c1-15-25-26-19(27(15)2)13-23-20(22-12-17-6-5-11-29-17)24-16-8-10-28(14-16)18-7-3-4-9-21-18/h3-7,9,11,16H,8,10,12-14H2,1-2H3,(H2,22,23,24). The fourth-order valence-corrected chi connectivity index (χ4v) is 3.94. The minimum Gasteiger partial charge on any atom is -0.354 e. The second-order valence-corrected chi connectivity index (χ2v) is 8.12. The first-order valence-corrected chi connectivity index (χ1v) is 10.6. The Balaban J connectivity index is 1.42. The molecule has 3 aromatic rings. The highest BCUT2D eigenvalue weighted by Gasteiger charge is 2.24. The lowest BCUT2D eigenvalue weighted by Gasteiger charge is -2.19. The summed E-state index contributed by atoms with van der Waals surface area (Å²) in [6.07, 6.45) is 2.88. The fourth-order valence-electron chi connectivity index (χ4n) is 3.30. The van der Waals surface area contributed by atoms with Crippen molar-refractivity contribution in [3.05, 3.63) is 58.4 Å². The summed E-state index contributed by atoms with van der Waals surface area (Å²) < 4.78 is 1.97. The summed E-state index contributed by atoms with van der Waals surface area (Å²) in [5, 5.41) is 17.5. The van der Waals surface area contributed by atoms with E-state index in [0.717, 1.165) is 49.5 Å². The number of aliphatic imine (C=N–C) groups is 1. The molecule has 1 aliphatic rings. The van der Waals surface area contributed by atoms with Gasteiger partial charge >= 0.3 is 0 Å². The molecule has 0 radical (unpaired) electrons. The van der Waals surface area contributed by atoms with Gasteiger partial charge in [-0.05, 0) is 36.9 Å². The minimum atomic E-state index is 0.313. The first kappa shape index (κ1) is 19.4. The van der Waals surface area contributed by atoms with E-state index in [4.69, 9.17) is 4.99 Å². The van der Waals surface area contributed by atoms with Crippen LogP contribution in [0.1, 0.15) is 22.9 Å². The molecule has 0 amide bonds. The van der Waals surface area contributed by atoms with E-state index in [-0.39, 0.29) is 0 Å². The maximum atomic E-state index is 4.77. The van der Waals surface area contributed by atoms with Crippen LogP contribution in [0.5, 0.6) is 0 Å². The van der Waals surface area contributed by atoms with Gasteiger partial charge < -0.3 is 20.1 Å². The lowest BCUT2D eigenvalue weighted by Crippen LogP contribution is -2.44. The number of aromatic nitrogens is 4. The number of thiophene rings is 1. The number of nitrogens with zero attached hydrogens (tertiary/aromatic N) is 6. The zero-order chi connectivity index (χ0) is 20.1. The highest BCUT2D eigenvalue weighted by atomic mass is 32.1. The molecule has 1 aliphatic heterocycles. The maximum Gasteiger partial charge on any atom is 0.192 e. The lowest BCUT2D eigenvalue weighted by molar-refractivity contribution is 0.643. The summed E-state index contributed by atoms with van der Waals surface area (Å²) in [5.41, 5.74) is 0. The van der Waals surface area contributed by atoms with Gasteiger partial charge in [0, 0.05) is 37.3 Å². The molecule has 9 heteroatoms. The number of rotatable bonds is 6. The molecule has 152 valence electrons. The van der Waals surface area contributed by atoms with Gasteiger partial charge in [0.25, 0.3) is 0 Å². The first-order chi connectivity index (χ1) is 14.2. The monoisotopic (exact) mass is 410 g/mol. The first-order valence-electron chi connectivity index (χ1n) is 9.77. The predicted octanol–water partition coefficient (Wildman–Crippen LogP) is 2.09. The van der Waals surface area contributed by atoms with Gasteiger partial charge in [0.05, 0.1) is 6.54 Å². The van der Waals surface area contributed by atoms with Crippen LogP contribution in [0.25, 0.3) is 0 Å². The summed E-state index contributed by atoms with van der Waals surface area (Å²) in [5.74, 6) is 3.56. The van der Waals surface area contributed by atoms with Crippen molar-refractivity contribution in [2.45, 2.75) is 32.5 Å². The number of anilines is 1. The number of hydrogen-bond acceptors (Lipinski definition) is 6. The van der Waals surface area contributed by atoms with Gasteiger partial charge in [-0.15, -0.1) is 21.5 Å². The zero-order valence-electron chi connectivity index (χ0n) is 16.7. The number of pyridine rings is 1. The molecule has 0 spiro atoms. The van der Waals surface area contributed by atoms with E-state index in [1.54, 1.807) is 11.3 Å². The van der Waals surface area contributed by atoms with Crippen molar-refractivity contribution in [2.24, 2.45) is 12.0 Å². The minimum absolute atomic E-state index is 0.313. The second kappa shape index (κ2) is 9.04. The van der Waals surface area contributed by atoms with Crippen molar-refractivity contribution < 1.29 is 0 Å². The molecule has 1 fully saturated rings. The molecule has 2 N–H and O–H groups in total. The van der Waals surface area contributed by atoms with E-state index < -0.39 is 0 Å². The highest BCUT2D eigenvalue weighted by molar-refractivity contribution is 7.09. The molecule has 4 rings (SSSR count). The Morgan fingerprint density at radius 3 is 2.93 bits per heavy atom. The van der Waals surface area contributed by atoms with Gasteiger partial charge in [0.2, 0.25) is 0 Å². The second-order valence-electron chi connectivity index (χ2n) is 7.08. The van der Waals surface area contributed by atoms with Crippen LogP contribution in [0.2, 0.25) is 0 Å². The quantitative estimate of drug-likeness (QED) is 0.478. The Kier molecular flexibility index (Phi) is 6.04. The lowest BCUT2D eigenvalue weighted by atomic mass is 10.3. The zero-order valence-corrected chi connectivity index (χ0v) is 17.6. The van der Waals surface area contributed by atoms with Crippen molar-refractivity contribution >= 4 is 23.1 Å². The van der Waals surface area contributed by atoms with E-state index >= 15 is 0 Å². The molecule has 3 aromatic heterocycles. The molecular formula is C20H26N8S. The maximum absolute atomic E-state index is 4.77. The normalized spacial score (nSPS) is 17.0. The Labute approximate surface area is 174 Å². The number of guanidine groups is 1. The molecule has 0 bridgehead atoms. The van der Waals surface area contributed by atoms with Crippen LogP contribution < -0.4 is 15.5 Å². The number of hydrogen-bond donors (Lipinski definition) is 2. The average Bonchev–Trinajstić information content (AvgIpc) is 3.49. The molecule has 29 heavy (non-hydrogen) atoms. The highest BCUT2D eigenvalue weighted by Crippen LogP contribution is 2.17. The van der Waals surface area contributed by atoms with Crippen LogP contribution in [0.4, 0.5) is 5.82 Å². The predicted molar refractivity (Wildman–Crippen MR) is 116 cm³/mol. The Morgan fingerprint density at radius 1 is 1.28 bits per heavy atom. The van der Waals surface area contributed by atoms with Crippen LogP contribution in [0, 0.1) is 6.92 Å². The number of nitrogens with one attached hydrogen (secondary N) is 2. The van der Waals surface area contributed by atoms with E-state index in [0.29, 0.717) is 12.6 Å². The summed E-state index contributed by atoms with van der Waals surface area (Å²) in [7, 11) is 1.97. The van der Waals surface area contributed by atoms with Crippen molar-refractivity contribution in [3.8, 4) is 0 Å². The Hall–Kier alpha value is -2.94. The third-order valence-corrected chi connectivity index (χ3v) is 5.95. The van der Waals surface area contributed by atoms with Crippen LogP contribution in [-0.4, -0.2) is 44.8 Å². The third-order valence-electron chi connectivity index (χ3n) is 5.07. The summed E-state index contributed by atoms with van der Waals surface area (Å²) in [4.78, 5) is 12.8. The molecule has 1 unspecified atom stereocenters. The van der Waals surface area contributed by atoms with E-state index in [1.165, 1.54) is 4.88 Å². The Bertz CT molecular complexity index is 935. The summed E-state index contributed by atoms with van der Waals surface area (Å²) in [6, 6.07) is 10.5. The van der Waals surface area contributed by atoms with Gasteiger partial charge in [-0.2, -0.15) is 0 Å². The third kappa shape index (κ3) is 4.92. The van der Waals surface area contributed by atoms with Crippen molar-refractivity contribution in [1.29, 1.82) is 0 Å². The smallest absolute Gasteiger partial charge is 0.192 e. The summed E-state index contributed by atoms with van der Waals surface area (Å²) in [6.45, 7) is 5.06. The molecule has 8 nitrogen and oxygen atoms in total. The van der Waals surface area contributed by atoms with Gasteiger partial charge in [0.1, 0.15) is 18.2 Å². The van der Waals surface area contributed by atoms with Gasteiger partial charge in [0.15, 0.2) is 11.8 Å². The summed E-state index contributed by atoms with van der Waals surface area (Å²) >= 11 is 1.74. The SMILES string of the molecule is Cc1nnc(CN=C(NCc2cccs2)NC2CCN(c3ccccn3)C2)n1C. The van der Waals surface area contributed by atoms with Crippen LogP contribution in [0.3, 0.4) is 0 Å². The molecule has 0 saturated carbocycles. The van der Waals surface area contributed by atoms with E-state index in [9.17, 15) is 0 Å². The van der Waals surface area contributed by atoms with Gasteiger partial charge in [-0.3, -0.25) is 0 Å². The van der Waals surface area contributed by atoms with Gasteiger partial charge in [-0.1, -0.05) is 12.1 Å². The molecule has 1 atom stereocenters. The van der Waals surface area contributed by atoms with Crippen LogP contribution >= 0.6 is 11.3 Å². The molecular weight excluding hydrogens is 384 g/mol. The number of aryl methyl sites for hydroxylation is 1. The molecule has 0 aliphatic carbocycles.